The van der Waals surface area contributed by atoms with E-state index in [4.69, 9.17) is 5.10 Å². The van der Waals surface area contributed by atoms with E-state index in [1.807, 2.05) is 58.8 Å². The lowest BCUT2D eigenvalue weighted by molar-refractivity contribution is 0.0732. The zero-order chi connectivity index (χ0) is 19.1. The van der Waals surface area contributed by atoms with E-state index in [1.165, 1.54) is 0 Å². The average molecular weight is 447 g/mol. The van der Waals surface area contributed by atoms with Crippen molar-refractivity contribution in [2.24, 2.45) is 14.1 Å². The monoisotopic (exact) mass is 446 g/mol. The van der Waals surface area contributed by atoms with Gasteiger partial charge in [-0.1, -0.05) is 23.9 Å². The molecule has 27 heavy (non-hydrogen) atoms. The van der Waals surface area contributed by atoms with Gasteiger partial charge in [0.1, 0.15) is 5.69 Å². The van der Waals surface area contributed by atoms with Crippen molar-refractivity contribution in [1.82, 2.24) is 29.4 Å². The Bertz CT molecular complexity index is 1030. The predicted molar refractivity (Wildman–Crippen MR) is 108 cm³/mol. The van der Waals surface area contributed by atoms with E-state index in [2.05, 4.69) is 26.1 Å². The van der Waals surface area contributed by atoms with Gasteiger partial charge in [0, 0.05) is 42.8 Å². The first-order chi connectivity index (χ1) is 13.0. The maximum Gasteiger partial charge on any atom is 0.255 e. The molecule has 140 valence electrons. The van der Waals surface area contributed by atoms with Gasteiger partial charge in [0.2, 0.25) is 0 Å². The largest absolute Gasteiger partial charge is 0.334 e. The van der Waals surface area contributed by atoms with Crippen LogP contribution in [0.5, 0.6) is 0 Å². The number of fused-ring (bicyclic) bond motifs is 1. The minimum Gasteiger partial charge on any atom is -0.334 e. The van der Waals surface area contributed by atoms with E-state index < -0.39 is 0 Å². The molecule has 0 spiro atoms. The summed E-state index contributed by atoms with van der Waals surface area (Å²) in [5.41, 5.74) is 3.67. The Balaban J connectivity index is 1.71. The van der Waals surface area contributed by atoms with E-state index in [-0.39, 0.29) is 5.91 Å². The molecule has 1 aliphatic heterocycles. The summed E-state index contributed by atoms with van der Waals surface area (Å²) < 4.78 is 4.66. The highest BCUT2D eigenvalue weighted by molar-refractivity contribution is 9.10. The van der Waals surface area contributed by atoms with Crippen molar-refractivity contribution < 1.29 is 4.79 Å². The van der Waals surface area contributed by atoms with Crippen LogP contribution in [0.15, 0.2) is 33.9 Å². The van der Waals surface area contributed by atoms with Gasteiger partial charge in [-0.15, -0.1) is 10.2 Å². The van der Waals surface area contributed by atoms with Crippen molar-refractivity contribution in [3.05, 3.63) is 45.6 Å². The maximum atomic E-state index is 13.0. The molecule has 0 atom stereocenters. The molecule has 1 amide bonds. The number of halogens is 1. The second kappa shape index (κ2) is 7.12. The molecule has 0 unspecified atom stereocenters. The first kappa shape index (κ1) is 18.2. The summed E-state index contributed by atoms with van der Waals surface area (Å²) >= 11 is 5.03. The van der Waals surface area contributed by atoms with Crippen molar-refractivity contribution in [1.29, 1.82) is 0 Å². The smallest absolute Gasteiger partial charge is 0.255 e. The maximum absolute atomic E-state index is 13.0. The van der Waals surface area contributed by atoms with Crippen molar-refractivity contribution >= 4 is 33.6 Å². The number of carbonyl (C=O) groups excluding carboxylic acids is 1. The van der Waals surface area contributed by atoms with Crippen molar-refractivity contribution in [3.63, 3.8) is 0 Å². The fraction of sp³-hybridized carbons (Fsp3) is 0.333. The van der Waals surface area contributed by atoms with Gasteiger partial charge in [0.25, 0.3) is 5.91 Å². The van der Waals surface area contributed by atoms with Gasteiger partial charge in [-0.05, 0) is 34.3 Å². The lowest BCUT2D eigenvalue weighted by Crippen LogP contribution is -2.36. The molecule has 3 aromatic rings. The molecule has 0 saturated heterocycles. The van der Waals surface area contributed by atoms with Crippen LogP contribution in [-0.2, 0) is 27.1 Å². The van der Waals surface area contributed by atoms with Gasteiger partial charge in [0.05, 0.1) is 12.1 Å². The molecule has 1 aromatic carbocycles. The van der Waals surface area contributed by atoms with Gasteiger partial charge in [-0.3, -0.25) is 9.48 Å². The summed E-state index contributed by atoms with van der Waals surface area (Å²) in [6.45, 7) is 1.18. The highest BCUT2D eigenvalue weighted by Crippen LogP contribution is 2.31. The molecule has 0 fully saturated rings. The summed E-state index contributed by atoms with van der Waals surface area (Å²) in [4.78, 5) is 14.9. The molecule has 3 heterocycles. The van der Waals surface area contributed by atoms with Crippen LogP contribution in [0.3, 0.4) is 0 Å². The molecule has 7 nitrogen and oxygen atoms in total. The summed E-state index contributed by atoms with van der Waals surface area (Å²) in [5, 5.41) is 14.1. The summed E-state index contributed by atoms with van der Waals surface area (Å²) in [6.07, 6.45) is 2.74. The van der Waals surface area contributed by atoms with Crippen LogP contribution < -0.4 is 0 Å². The Morgan fingerprint density at radius 2 is 2.00 bits per heavy atom. The number of hydrogen-bond acceptors (Lipinski definition) is 5. The summed E-state index contributed by atoms with van der Waals surface area (Å²) in [6, 6.07) is 7.53. The number of aromatic nitrogens is 5. The fourth-order valence-electron chi connectivity index (χ4n) is 3.45. The van der Waals surface area contributed by atoms with E-state index in [0.29, 0.717) is 18.7 Å². The summed E-state index contributed by atoms with van der Waals surface area (Å²) in [5.74, 6) is 0.747. The highest BCUT2D eigenvalue weighted by Gasteiger charge is 2.30. The average Bonchev–Trinajstić information content (AvgIpc) is 3.20. The molecule has 2 aromatic heterocycles. The molecular weight excluding hydrogens is 428 g/mol. The lowest BCUT2D eigenvalue weighted by atomic mass is 10.0. The molecule has 0 bridgehead atoms. The predicted octanol–water partition coefficient (Wildman–Crippen LogP) is 2.90. The Labute approximate surface area is 169 Å². The van der Waals surface area contributed by atoms with Crippen molar-refractivity contribution in [3.8, 4) is 11.5 Å². The second-order valence-corrected chi connectivity index (χ2v) is 8.05. The van der Waals surface area contributed by atoms with Crippen LogP contribution in [0.2, 0.25) is 0 Å². The summed E-state index contributed by atoms with van der Waals surface area (Å²) in [7, 11) is 3.88. The molecule has 0 N–H and O–H groups in total. The molecule has 9 heteroatoms. The molecule has 4 rings (SSSR count). The number of rotatable bonds is 3. The van der Waals surface area contributed by atoms with Crippen molar-refractivity contribution in [2.75, 3.05) is 12.8 Å². The van der Waals surface area contributed by atoms with E-state index in [0.717, 1.165) is 38.8 Å². The number of nitrogens with zero attached hydrogens (tertiary/aromatic N) is 6. The number of benzene rings is 1. The minimum atomic E-state index is 0.0192. The topological polar surface area (TPSA) is 68.8 Å². The fourth-order valence-corrected chi connectivity index (χ4v) is 4.39. The molecule has 0 radical (unpaired) electrons. The van der Waals surface area contributed by atoms with Gasteiger partial charge < -0.3 is 9.47 Å². The van der Waals surface area contributed by atoms with Crippen LogP contribution in [-0.4, -0.2) is 48.2 Å². The van der Waals surface area contributed by atoms with Gasteiger partial charge in [0.15, 0.2) is 11.0 Å². The molecule has 0 aliphatic carbocycles. The van der Waals surface area contributed by atoms with Gasteiger partial charge >= 0.3 is 0 Å². The Kier molecular flexibility index (Phi) is 4.81. The minimum absolute atomic E-state index is 0.0192. The second-order valence-electron chi connectivity index (χ2n) is 6.42. The van der Waals surface area contributed by atoms with E-state index >= 15 is 0 Å². The van der Waals surface area contributed by atoms with Crippen LogP contribution in [0.1, 0.15) is 21.6 Å². The first-order valence-electron chi connectivity index (χ1n) is 8.53. The molecule has 1 aliphatic rings. The quantitative estimate of drug-likeness (QED) is 0.578. The number of amides is 1. The SMILES string of the molecule is CSc1nnc(-c2nn(C)c3c2CN(C(=O)c2ccccc2Br)CC3)n1C. The van der Waals surface area contributed by atoms with Crippen LogP contribution in [0.25, 0.3) is 11.5 Å². The van der Waals surface area contributed by atoms with E-state index in [1.54, 1.807) is 11.8 Å². The number of hydrogen-bond donors (Lipinski definition) is 0. The van der Waals surface area contributed by atoms with Crippen molar-refractivity contribution in [2.45, 2.75) is 18.1 Å². The third kappa shape index (κ3) is 3.08. The Morgan fingerprint density at radius 1 is 1.22 bits per heavy atom. The Hall–Kier alpha value is -2.13. The van der Waals surface area contributed by atoms with E-state index in [9.17, 15) is 4.79 Å². The zero-order valence-corrected chi connectivity index (χ0v) is 17.7. The van der Waals surface area contributed by atoms with Gasteiger partial charge in [-0.25, -0.2) is 0 Å². The third-order valence-electron chi connectivity index (χ3n) is 4.86. The third-order valence-corrected chi connectivity index (χ3v) is 6.28. The molecular formula is C18H19BrN6OS. The first-order valence-corrected chi connectivity index (χ1v) is 10.5. The number of carbonyl (C=O) groups is 1. The van der Waals surface area contributed by atoms with Gasteiger partial charge in [-0.2, -0.15) is 5.10 Å². The number of thioether (sulfide) groups is 1. The lowest BCUT2D eigenvalue weighted by Gasteiger charge is -2.28. The number of aryl methyl sites for hydroxylation is 1. The standard InChI is InChI=1S/C18H19BrN6OS/c1-23-16(20-21-18(23)27-3)15-12-10-25(9-8-14(12)24(2)22-15)17(26)11-6-4-5-7-13(11)19/h4-7H,8-10H2,1-3H3. The highest BCUT2D eigenvalue weighted by atomic mass is 79.9. The van der Waals surface area contributed by atoms with Crippen LogP contribution >= 0.6 is 27.7 Å². The Morgan fingerprint density at radius 3 is 2.70 bits per heavy atom. The van der Waals surface area contributed by atoms with Crippen LogP contribution in [0, 0.1) is 0 Å². The molecule has 0 saturated carbocycles. The van der Waals surface area contributed by atoms with Crippen LogP contribution in [0.4, 0.5) is 0 Å². The normalized spacial score (nSPS) is 13.7. The zero-order valence-electron chi connectivity index (χ0n) is 15.3.